The number of nitrogens with one attached hydrogen (secondary N) is 1. The Morgan fingerprint density at radius 1 is 1.30 bits per heavy atom. The van der Waals surface area contributed by atoms with E-state index in [9.17, 15) is 4.39 Å². The number of halogens is 1. The lowest BCUT2D eigenvalue weighted by Gasteiger charge is -2.45. The lowest BCUT2D eigenvalue weighted by atomic mass is 9.74. The summed E-state index contributed by atoms with van der Waals surface area (Å²) in [6, 6.07) is 5.53. The molecule has 20 heavy (non-hydrogen) atoms. The second kappa shape index (κ2) is 5.82. The molecule has 0 bridgehead atoms. The molecular formula is C17H25FN2. The molecule has 0 saturated carbocycles. The molecule has 2 fully saturated rings. The van der Waals surface area contributed by atoms with Gasteiger partial charge in [0, 0.05) is 19.6 Å². The average molecular weight is 276 g/mol. The first-order chi connectivity index (χ1) is 9.67. The van der Waals surface area contributed by atoms with Crippen LogP contribution in [0.25, 0.3) is 0 Å². The fourth-order valence-corrected chi connectivity index (χ4v) is 3.89. The minimum atomic E-state index is -0.0969. The molecule has 1 aromatic carbocycles. The van der Waals surface area contributed by atoms with Gasteiger partial charge in [0.1, 0.15) is 5.82 Å². The fraction of sp³-hybridized carbons (Fsp3) is 0.647. The summed E-state index contributed by atoms with van der Waals surface area (Å²) in [6.45, 7) is 7.53. The fourth-order valence-electron chi connectivity index (χ4n) is 3.89. The molecule has 3 heteroatoms. The van der Waals surface area contributed by atoms with Crippen LogP contribution in [0.5, 0.6) is 0 Å². The zero-order valence-corrected chi connectivity index (χ0v) is 12.4. The van der Waals surface area contributed by atoms with Gasteiger partial charge in [-0.2, -0.15) is 0 Å². The van der Waals surface area contributed by atoms with Crippen LogP contribution < -0.4 is 5.32 Å². The highest BCUT2D eigenvalue weighted by Gasteiger charge is 2.36. The standard InChI is InChI=1S/C17H25FN2/c1-14-10-15(4-5-16(14)18)11-20-9-3-7-17(13-20)6-2-8-19-12-17/h4-5,10,19H,2-3,6-9,11-13H2,1H3. The molecule has 110 valence electrons. The minimum absolute atomic E-state index is 0.0969. The van der Waals surface area contributed by atoms with Gasteiger partial charge in [-0.15, -0.1) is 0 Å². The van der Waals surface area contributed by atoms with E-state index in [1.54, 1.807) is 6.07 Å². The number of likely N-dealkylation sites (tertiary alicyclic amines) is 1. The lowest BCUT2D eigenvalue weighted by molar-refractivity contribution is 0.0600. The van der Waals surface area contributed by atoms with Crippen molar-refractivity contribution in [3.8, 4) is 0 Å². The Morgan fingerprint density at radius 2 is 2.15 bits per heavy atom. The molecule has 1 unspecified atom stereocenters. The van der Waals surface area contributed by atoms with E-state index in [0.29, 0.717) is 5.41 Å². The average Bonchev–Trinajstić information content (AvgIpc) is 2.44. The summed E-state index contributed by atoms with van der Waals surface area (Å²) in [5.41, 5.74) is 2.49. The van der Waals surface area contributed by atoms with E-state index in [1.165, 1.54) is 57.4 Å². The topological polar surface area (TPSA) is 15.3 Å². The number of rotatable bonds is 2. The van der Waals surface area contributed by atoms with Gasteiger partial charge >= 0.3 is 0 Å². The Hall–Kier alpha value is -0.930. The molecule has 3 rings (SSSR count). The second-order valence-corrected chi connectivity index (χ2v) is 6.68. The summed E-state index contributed by atoms with van der Waals surface area (Å²) in [5, 5.41) is 3.57. The SMILES string of the molecule is Cc1cc(CN2CCCC3(CCCNC3)C2)ccc1F. The van der Waals surface area contributed by atoms with Crippen LogP contribution in [0.4, 0.5) is 4.39 Å². The van der Waals surface area contributed by atoms with Crippen molar-refractivity contribution in [3.63, 3.8) is 0 Å². The third-order valence-electron chi connectivity index (χ3n) is 4.93. The predicted octanol–water partition coefficient (Wildman–Crippen LogP) is 3.10. The largest absolute Gasteiger partial charge is 0.316 e. The molecule has 2 aliphatic rings. The summed E-state index contributed by atoms with van der Waals surface area (Å²) in [7, 11) is 0. The Balaban J connectivity index is 1.66. The number of piperidine rings is 2. The van der Waals surface area contributed by atoms with Crippen LogP contribution >= 0.6 is 0 Å². The minimum Gasteiger partial charge on any atom is -0.316 e. The molecule has 2 aliphatic heterocycles. The smallest absolute Gasteiger partial charge is 0.126 e. The van der Waals surface area contributed by atoms with Crippen LogP contribution in [0.15, 0.2) is 18.2 Å². The highest BCUT2D eigenvalue weighted by Crippen LogP contribution is 2.36. The summed E-state index contributed by atoms with van der Waals surface area (Å²) in [6.07, 6.45) is 5.32. The summed E-state index contributed by atoms with van der Waals surface area (Å²) in [4.78, 5) is 2.56. The van der Waals surface area contributed by atoms with Gasteiger partial charge in [0.15, 0.2) is 0 Å². The first kappa shape index (κ1) is 14.0. The van der Waals surface area contributed by atoms with E-state index in [0.717, 1.165) is 12.1 Å². The second-order valence-electron chi connectivity index (χ2n) is 6.68. The maximum absolute atomic E-state index is 13.3. The van der Waals surface area contributed by atoms with Crippen LogP contribution in [-0.4, -0.2) is 31.1 Å². The van der Waals surface area contributed by atoms with Crippen molar-refractivity contribution in [3.05, 3.63) is 35.1 Å². The number of nitrogens with zero attached hydrogens (tertiary/aromatic N) is 1. The highest BCUT2D eigenvalue weighted by atomic mass is 19.1. The van der Waals surface area contributed by atoms with E-state index >= 15 is 0 Å². The molecule has 0 aliphatic carbocycles. The molecule has 1 atom stereocenters. The summed E-state index contributed by atoms with van der Waals surface area (Å²) in [5.74, 6) is -0.0969. The third-order valence-corrected chi connectivity index (χ3v) is 4.93. The highest BCUT2D eigenvalue weighted by molar-refractivity contribution is 5.24. The van der Waals surface area contributed by atoms with Gasteiger partial charge in [0.25, 0.3) is 0 Å². The van der Waals surface area contributed by atoms with Crippen LogP contribution in [0, 0.1) is 18.2 Å². The van der Waals surface area contributed by atoms with Crippen molar-refractivity contribution in [2.24, 2.45) is 5.41 Å². The maximum atomic E-state index is 13.3. The van der Waals surface area contributed by atoms with Crippen molar-refractivity contribution >= 4 is 0 Å². The van der Waals surface area contributed by atoms with Crippen molar-refractivity contribution in [2.75, 3.05) is 26.2 Å². The quantitative estimate of drug-likeness (QED) is 0.893. The van der Waals surface area contributed by atoms with Crippen LogP contribution in [0.2, 0.25) is 0 Å². The molecule has 1 aromatic rings. The maximum Gasteiger partial charge on any atom is 0.126 e. The van der Waals surface area contributed by atoms with E-state index in [2.05, 4.69) is 10.2 Å². The molecular weight excluding hydrogens is 251 g/mol. The Kier molecular flexibility index (Phi) is 4.08. The first-order valence-electron chi connectivity index (χ1n) is 7.85. The lowest BCUT2D eigenvalue weighted by Crippen LogP contribution is -2.50. The Labute approximate surface area is 121 Å². The van der Waals surface area contributed by atoms with Gasteiger partial charge in [-0.3, -0.25) is 4.90 Å². The van der Waals surface area contributed by atoms with Crippen molar-refractivity contribution in [1.29, 1.82) is 0 Å². The van der Waals surface area contributed by atoms with Gasteiger partial charge in [-0.05, 0) is 68.3 Å². The molecule has 1 spiro atoms. The number of hydrogen-bond acceptors (Lipinski definition) is 2. The zero-order chi connectivity index (χ0) is 14.0. The van der Waals surface area contributed by atoms with Gasteiger partial charge in [-0.25, -0.2) is 4.39 Å². The zero-order valence-electron chi connectivity index (χ0n) is 12.4. The number of benzene rings is 1. The molecule has 2 saturated heterocycles. The van der Waals surface area contributed by atoms with Gasteiger partial charge in [-0.1, -0.05) is 12.1 Å². The van der Waals surface area contributed by atoms with Crippen LogP contribution in [0.1, 0.15) is 36.8 Å². The van der Waals surface area contributed by atoms with Crippen molar-refractivity contribution in [2.45, 2.75) is 39.2 Å². The van der Waals surface area contributed by atoms with Crippen LogP contribution in [-0.2, 0) is 6.54 Å². The molecule has 0 aromatic heterocycles. The van der Waals surface area contributed by atoms with E-state index in [-0.39, 0.29) is 5.82 Å². The van der Waals surface area contributed by atoms with Crippen molar-refractivity contribution in [1.82, 2.24) is 10.2 Å². The van der Waals surface area contributed by atoms with Crippen molar-refractivity contribution < 1.29 is 4.39 Å². The van der Waals surface area contributed by atoms with Gasteiger partial charge < -0.3 is 5.32 Å². The van der Waals surface area contributed by atoms with Gasteiger partial charge in [0.2, 0.25) is 0 Å². The molecule has 1 N–H and O–H groups in total. The molecule has 2 nitrogen and oxygen atoms in total. The summed E-state index contributed by atoms with van der Waals surface area (Å²) >= 11 is 0. The number of aryl methyl sites for hydroxylation is 1. The molecule has 0 radical (unpaired) electrons. The monoisotopic (exact) mass is 276 g/mol. The van der Waals surface area contributed by atoms with Gasteiger partial charge in [0.05, 0.1) is 0 Å². The van der Waals surface area contributed by atoms with Crippen LogP contribution in [0.3, 0.4) is 0 Å². The Morgan fingerprint density at radius 3 is 2.90 bits per heavy atom. The predicted molar refractivity (Wildman–Crippen MR) is 80.2 cm³/mol. The molecule has 2 heterocycles. The normalized spacial score (nSPS) is 27.9. The first-order valence-corrected chi connectivity index (χ1v) is 7.85. The van der Waals surface area contributed by atoms with E-state index in [4.69, 9.17) is 0 Å². The number of hydrogen-bond donors (Lipinski definition) is 1. The van der Waals surface area contributed by atoms with E-state index in [1.807, 2.05) is 19.1 Å². The molecule has 0 amide bonds. The van der Waals surface area contributed by atoms with E-state index < -0.39 is 0 Å². The third kappa shape index (κ3) is 3.04. The Bertz CT molecular complexity index is 461. The summed E-state index contributed by atoms with van der Waals surface area (Å²) < 4.78 is 13.3.